The van der Waals surface area contributed by atoms with Crippen LogP contribution in [0.1, 0.15) is 23.5 Å². The third-order valence-electron chi connectivity index (χ3n) is 2.67. The summed E-state index contributed by atoms with van der Waals surface area (Å²) in [6.07, 6.45) is 0. The molecule has 0 aliphatic heterocycles. The number of carbonyl (C=O) groups is 1. The summed E-state index contributed by atoms with van der Waals surface area (Å²) >= 11 is 1.31. The minimum atomic E-state index is -0.317. The molecule has 2 aromatic heterocycles. The zero-order valence-corrected chi connectivity index (χ0v) is 12.2. The van der Waals surface area contributed by atoms with Crippen LogP contribution in [0.5, 0.6) is 0 Å². The van der Waals surface area contributed by atoms with E-state index in [9.17, 15) is 4.79 Å². The molecule has 0 amide bonds. The van der Waals surface area contributed by atoms with Gasteiger partial charge >= 0.3 is 5.97 Å². The lowest BCUT2D eigenvalue weighted by Crippen LogP contribution is -2.10. The van der Waals surface area contributed by atoms with E-state index in [-0.39, 0.29) is 11.9 Å². The standard InChI is InChI=1S/C14H15N3O2S/c1-3-19-14(18)11-6-10-4-5-12(17-13(10)20-11)16-8-9(2)7-15/h4-6,9H,3,8H2,1-2H3,(H,16,17). The summed E-state index contributed by atoms with van der Waals surface area (Å²) in [5.74, 6) is 0.311. The summed E-state index contributed by atoms with van der Waals surface area (Å²) in [4.78, 5) is 17.4. The van der Waals surface area contributed by atoms with E-state index in [1.165, 1.54) is 11.3 Å². The molecule has 2 heterocycles. The first-order valence-corrected chi connectivity index (χ1v) is 7.17. The zero-order chi connectivity index (χ0) is 14.5. The normalized spacial score (nSPS) is 11.8. The van der Waals surface area contributed by atoms with Crippen molar-refractivity contribution in [3.8, 4) is 6.07 Å². The Hall–Kier alpha value is -2.13. The van der Waals surface area contributed by atoms with E-state index in [1.54, 1.807) is 13.0 Å². The molecule has 0 fully saturated rings. The highest BCUT2D eigenvalue weighted by molar-refractivity contribution is 7.20. The van der Waals surface area contributed by atoms with Gasteiger partial charge in [-0.2, -0.15) is 5.26 Å². The van der Waals surface area contributed by atoms with Crippen molar-refractivity contribution in [2.75, 3.05) is 18.5 Å². The number of fused-ring (bicyclic) bond motifs is 1. The van der Waals surface area contributed by atoms with Crippen molar-refractivity contribution in [2.45, 2.75) is 13.8 Å². The minimum absolute atomic E-state index is 0.0778. The lowest BCUT2D eigenvalue weighted by Gasteiger charge is -2.05. The fraction of sp³-hybridized carbons (Fsp3) is 0.357. The first kappa shape index (κ1) is 14.3. The highest BCUT2D eigenvalue weighted by Crippen LogP contribution is 2.26. The van der Waals surface area contributed by atoms with Crippen LogP contribution in [-0.2, 0) is 4.74 Å². The van der Waals surface area contributed by atoms with Gasteiger partial charge in [-0.05, 0) is 32.0 Å². The number of thiophene rings is 1. The van der Waals surface area contributed by atoms with E-state index >= 15 is 0 Å². The number of rotatable bonds is 5. The molecule has 2 aromatic rings. The Labute approximate surface area is 121 Å². The Balaban J connectivity index is 2.17. The smallest absolute Gasteiger partial charge is 0.348 e. The van der Waals surface area contributed by atoms with Crippen LogP contribution in [0.15, 0.2) is 18.2 Å². The number of esters is 1. The average molecular weight is 289 g/mol. The molecule has 0 saturated carbocycles. The quantitative estimate of drug-likeness (QED) is 0.856. The molecule has 0 aliphatic carbocycles. The van der Waals surface area contributed by atoms with E-state index in [2.05, 4.69) is 16.4 Å². The van der Waals surface area contributed by atoms with Gasteiger partial charge in [-0.1, -0.05) is 0 Å². The molecule has 104 valence electrons. The fourth-order valence-corrected chi connectivity index (χ4v) is 2.55. The second-order valence-corrected chi connectivity index (χ2v) is 5.36. The summed E-state index contributed by atoms with van der Waals surface area (Å²) in [5.41, 5.74) is 0. The molecule has 20 heavy (non-hydrogen) atoms. The first-order chi connectivity index (χ1) is 9.63. The van der Waals surface area contributed by atoms with Crippen molar-refractivity contribution in [1.82, 2.24) is 4.98 Å². The third-order valence-corrected chi connectivity index (χ3v) is 3.69. The number of carbonyl (C=O) groups excluding carboxylic acids is 1. The number of anilines is 1. The second kappa shape index (κ2) is 6.35. The maximum Gasteiger partial charge on any atom is 0.348 e. The van der Waals surface area contributed by atoms with Crippen molar-refractivity contribution in [3.63, 3.8) is 0 Å². The number of aromatic nitrogens is 1. The van der Waals surface area contributed by atoms with Gasteiger partial charge in [0.25, 0.3) is 0 Å². The Kier molecular flexibility index (Phi) is 4.53. The highest BCUT2D eigenvalue weighted by atomic mass is 32.1. The zero-order valence-electron chi connectivity index (χ0n) is 11.3. The van der Waals surface area contributed by atoms with Crippen LogP contribution in [0.4, 0.5) is 5.82 Å². The lowest BCUT2D eigenvalue weighted by atomic mass is 10.2. The monoisotopic (exact) mass is 289 g/mol. The third kappa shape index (κ3) is 3.25. The molecular formula is C14H15N3O2S. The van der Waals surface area contributed by atoms with Gasteiger partial charge in [-0.15, -0.1) is 11.3 Å². The summed E-state index contributed by atoms with van der Waals surface area (Å²) in [6.45, 7) is 4.53. The summed E-state index contributed by atoms with van der Waals surface area (Å²) in [5, 5.41) is 12.8. The van der Waals surface area contributed by atoms with E-state index in [4.69, 9.17) is 10.00 Å². The summed E-state index contributed by atoms with van der Waals surface area (Å²) < 4.78 is 4.97. The molecule has 6 heteroatoms. The molecule has 1 unspecified atom stereocenters. The van der Waals surface area contributed by atoms with Crippen LogP contribution in [0, 0.1) is 17.2 Å². The highest BCUT2D eigenvalue weighted by Gasteiger charge is 2.12. The van der Waals surface area contributed by atoms with E-state index in [0.29, 0.717) is 23.8 Å². The lowest BCUT2D eigenvalue weighted by molar-refractivity contribution is 0.0532. The van der Waals surface area contributed by atoms with Crippen LogP contribution in [0.25, 0.3) is 10.2 Å². The predicted molar refractivity (Wildman–Crippen MR) is 78.8 cm³/mol. The molecule has 0 spiro atoms. The van der Waals surface area contributed by atoms with Gasteiger partial charge in [-0.25, -0.2) is 9.78 Å². The number of pyridine rings is 1. The number of nitriles is 1. The molecule has 0 aliphatic rings. The fourth-order valence-electron chi connectivity index (χ4n) is 1.62. The van der Waals surface area contributed by atoms with Crippen molar-refractivity contribution in [3.05, 3.63) is 23.1 Å². The van der Waals surface area contributed by atoms with Crippen LogP contribution in [0.2, 0.25) is 0 Å². The van der Waals surface area contributed by atoms with Crippen LogP contribution in [-0.4, -0.2) is 24.1 Å². The van der Waals surface area contributed by atoms with Crippen LogP contribution < -0.4 is 5.32 Å². The van der Waals surface area contributed by atoms with Gasteiger partial charge in [0.15, 0.2) is 0 Å². The Morgan fingerprint density at radius 3 is 3.10 bits per heavy atom. The number of nitrogens with zero attached hydrogens (tertiary/aromatic N) is 2. The summed E-state index contributed by atoms with van der Waals surface area (Å²) in [6, 6.07) is 7.69. The van der Waals surface area contributed by atoms with E-state index < -0.39 is 0 Å². The largest absolute Gasteiger partial charge is 0.462 e. The minimum Gasteiger partial charge on any atom is -0.462 e. The molecular weight excluding hydrogens is 274 g/mol. The topological polar surface area (TPSA) is 75.0 Å². The molecule has 0 radical (unpaired) electrons. The number of hydrogen-bond acceptors (Lipinski definition) is 6. The van der Waals surface area contributed by atoms with Gasteiger partial charge in [0.05, 0.1) is 18.6 Å². The van der Waals surface area contributed by atoms with Crippen molar-refractivity contribution < 1.29 is 9.53 Å². The van der Waals surface area contributed by atoms with Crippen molar-refractivity contribution >= 4 is 33.3 Å². The molecule has 1 N–H and O–H groups in total. The van der Waals surface area contributed by atoms with Crippen molar-refractivity contribution in [2.24, 2.45) is 5.92 Å². The number of nitrogens with one attached hydrogen (secondary N) is 1. The second-order valence-electron chi connectivity index (χ2n) is 4.33. The van der Waals surface area contributed by atoms with Gasteiger partial charge in [0.2, 0.25) is 0 Å². The molecule has 0 saturated heterocycles. The van der Waals surface area contributed by atoms with E-state index in [1.807, 2.05) is 19.1 Å². The van der Waals surface area contributed by atoms with E-state index in [0.717, 1.165) is 10.2 Å². The summed E-state index contributed by atoms with van der Waals surface area (Å²) in [7, 11) is 0. The Bertz CT molecular complexity index is 660. The molecule has 2 rings (SSSR count). The van der Waals surface area contributed by atoms with Gasteiger partial charge in [0, 0.05) is 11.9 Å². The predicted octanol–water partition coefficient (Wildman–Crippen LogP) is 3.04. The molecule has 0 aromatic carbocycles. The Morgan fingerprint density at radius 1 is 1.60 bits per heavy atom. The SMILES string of the molecule is CCOC(=O)c1cc2ccc(NCC(C)C#N)nc2s1. The maximum absolute atomic E-state index is 11.7. The number of ether oxygens (including phenoxy) is 1. The van der Waals surface area contributed by atoms with Gasteiger partial charge in [-0.3, -0.25) is 0 Å². The van der Waals surface area contributed by atoms with Crippen LogP contribution in [0.3, 0.4) is 0 Å². The van der Waals surface area contributed by atoms with Crippen molar-refractivity contribution in [1.29, 1.82) is 5.26 Å². The van der Waals surface area contributed by atoms with Gasteiger partial charge < -0.3 is 10.1 Å². The molecule has 0 bridgehead atoms. The molecule has 5 nitrogen and oxygen atoms in total. The number of hydrogen-bond donors (Lipinski definition) is 1. The molecule has 1 atom stereocenters. The van der Waals surface area contributed by atoms with Crippen LogP contribution >= 0.6 is 11.3 Å². The average Bonchev–Trinajstić information content (AvgIpc) is 2.88. The van der Waals surface area contributed by atoms with Gasteiger partial charge in [0.1, 0.15) is 15.5 Å². The first-order valence-electron chi connectivity index (χ1n) is 6.35. The maximum atomic E-state index is 11.7. The Morgan fingerprint density at radius 2 is 2.40 bits per heavy atom.